The van der Waals surface area contributed by atoms with Crippen molar-refractivity contribution in [1.82, 2.24) is 0 Å². The van der Waals surface area contributed by atoms with E-state index in [1.807, 2.05) is 0 Å². The molecule has 0 aliphatic heterocycles. The maximum absolute atomic E-state index is 11.4. The molecule has 0 aromatic carbocycles. The van der Waals surface area contributed by atoms with Crippen LogP contribution in [-0.2, 0) is 48.1 Å². The van der Waals surface area contributed by atoms with E-state index < -0.39 is 5.69 Å². The summed E-state index contributed by atoms with van der Waals surface area (Å²) in [6, 6.07) is 0. The van der Waals surface area contributed by atoms with E-state index in [0.717, 1.165) is 25.2 Å². The molecule has 0 spiro atoms. The summed E-state index contributed by atoms with van der Waals surface area (Å²) < 4.78 is 5.34. The Morgan fingerprint density at radius 1 is 1.11 bits per heavy atom. The van der Waals surface area contributed by atoms with Gasteiger partial charge in [0.2, 0.25) is 0 Å². The number of hydrogen-bond acceptors (Lipinski definition) is 4. The Morgan fingerprint density at radius 2 is 1.61 bits per heavy atom. The van der Waals surface area contributed by atoms with Crippen LogP contribution in [-0.4, -0.2) is 6.10 Å². The summed E-state index contributed by atoms with van der Waals surface area (Å²) in [5.74, 6) is 1.25. The molecular weight excluding hydrogens is 337 g/mol. The van der Waals surface area contributed by atoms with Gasteiger partial charge in [0.1, 0.15) is 0 Å². The molecule has 2 unspecified atom stereocenters. The zero-order chi connectivity index (χ0) is 13.5. The quantitative estimate of drug-likeness (QED) is 0.271. The first-order chi connectivity index (χ1) is 7.70. The van der Waals surface area contributed by atoms with Gasteiger partial charge in [0.25, 0.3) is 0 Å². The van der Waals surface area contributed by atoms with Crippen molar-refractivity contribution in [3.63, 3.8) is 0 Å². The van der Waals surface area contributed by atoms with Crippen molar-refractivity contribution in [2.45, 2.75) is 65.9 Å². The predicted octanol–water partition coefficient (Wildman–Crippen LogP) is 3.76. The van der Waals surface area contributed by atoms with Crippen LogP contribution in [0.4, 0.5) is 0 Å². The number of hydrogen-bond donors (Lipinski definition) is 0. The van der Waals surface area contributed by atoms with Crippen LogP contribution in [0, 0.1) is 11.8 Å². The zero-order valence-corrected chi connectivity index (χ0v) is 17.5. The second-order valence-electron chi connectivity index (χ2n) is 5.48. The molecule has 0 N–H and O–H groups in total. The predicted molar refractivity (Wildman–Crippen MR) is 79.3 cm³/mol. The van der Waals surface area contributed by atoms with Gasteiger partial charge in [-0.2, -0.15) is 0 Å². The van der Waals surface area contributed by atoms with Crippen molar-refractivity contribution in [3.8, 4) is 0 Å². The molecule has 0 bridgehead atoms. The standard InChI is InChI=1S/C12H27O2PS2.Zn/c1-10(2)7-5-6-8-12(9-11(3)4)14-15(13,16)17;/h10-12H,5-9H2,1-4H3,(H2,13,16,17);/q;+2/p-2. The molecule has 0 aliphatic rings. The minimum atomic E-state index is -3.18. The van der Waals surface area contributed by atoms with Crippen molar-refractivity contribution >= 4 is 29.7 Å². The Bertz CT molecular complexity index is 244. The van der Waals surface area contributed by atoms with Gasteiger partial charge in [0.05, 0.1) is 6.10 Å². The van der Waals surface area contributed by atoms with E-state index in [1.165, 1.54) is 12.8 Å². The molecule has 0 rings (SSSR count). The van der Waals surface area contributed by atoms with E-state index in [1.54, 1.807) is 0 Å². The van der Waals surface area contributed by atoms with Gasteiger partial charge in [-0.1, -0.05) is 47.0 Å². The first-order valence-corrected chi connectivity index (χ1v) is 10.1. The summed E-state index contributed by atoms with van der Waals surface area (Å²) >= 11 is 9.36. The van der Waals surface area contributed by atoms with E-state index in [-0.39, 0.29) is 25.6 Å². The molecular formula is C12H25O2PS2Zn. The average Bonchev–Trinajstić information content (AvgIpc) is 2.08. The molecule has 0 aromatic heterocycles. The molecule has 0 radical (unpaired) electrons. The van der Waals surface area contributed by atoms with Crippen LogP contribution >= 0.6 is 5.69 Å². The zero-order valence-electron chi connectivity index (χ0n) is 12.1. The molecule has 18 heavy (non-hydrogen) atoms. The van der Waals surface area contributed by atoms with Crippen LogP contribution in [0.25, 0.3) is 0 Å². The van der Waals surface area contributed by atoms with E-state index in [0.29, 0.717) is 5.92 Å². The van der Waals surface area contributed by atoms with Crippen molar-refractivity contribution in [1.29, 1.82) is 0 Å². The first-order valence-electron chi connectivity index (χ1n) is 6.41. The van der Waals surface area contributed by atoms with Crippen LogP contribution in [0.1, 0.15) is 59.8 Å². The van der Waals surface area contributed by atoms with Crippen LogP contribution < -0.4 is 4.89 Å². The SMILES string of the molecule is CC(C)CCCCC(CC(C)C)OP([O-])(=S)[S-].[Zn+2]. The fraction of sp³-hybridized carbons (Fsp3) is 1.00. The molecule has 104 valence electrons. The third kappa shape index (κ3) is 15.6. The van der Waals surface area contributed by atoms with Crippen molar-refractivity contribution in [3.05, 3.63) is 0 Å². The Hall–Kier alpha value is 1.54. The molecule has 0 saturated carbocycles. The van der Waals surface area contributed by atoms with E-state index in [9.17, 15) is 4.89 Å². The Balaban J connectivity index is 0. The Kier molecular flexibility index (Phi) is 13.6. The largest absolute Gasteiger partial charge is 2.00 e. The summed E-state index contributed by atoms with van der Waals surface area (Å²) in [4.78, 5) is 11.4. The van der Waals surface area contributed by atoms with Gasteiger partial charge < -0.3 is 21.7 Å². The molecule has 0 saturated heterocycles. The third-order valence-corrected chi connectivity index (χ3v) is 3.64. The fourth-order valence-corrected chi connectivity index (χ4v) is 3.13. The van der Waals surface area contributed by atoms with E-state index in [2.05, 4.69) is 51.8 Å². The topological polar surface area (TPSA) is 32.3 Å². The van der Waals surface area contributed by atoms with Crippen molar-refractivity contribution in [2.24, 2.45) is 11.8 Å². The van der Waals surface area contributed by atoms with E-state index >= 15 is 0 Å². The van der Waals surface area contributed by atoms with Gasteiger partial charge in [0, 0.05) is 0 Å². The van der Waals surface area contributed by atoms with Gasteiger partial charge >= 0.3 is 19.5 Å². The smallest absolute Gasteiger partial charge is 0.819 e. The molecule has 2 nitrogen and oxygen atoms in total. The van der Waals surface area contributed by atoms with Crippen LogP contribution in [0.15, 0.2) is 0 Å². The van der Waals surface area contributed by atoms with Gasteiger partial charge in [-0.05, 0) is 24.7 Å². The van der Waals surface area contributed by atoms with Gasteiger partial charge in [-0.15, -0.1) is 17.5 Å². The van der Waals surface area contributed by atoms with Gasteiger partial charge in [0.15, 0.2) is 0 Å². The Morgan fingerprint density at radius 3 is 2.00 bits per heavy atom. The molecule has 2 atom stereocenters. The summed E-state index contributed by atoms with van der Waals surface area (Å²) in [7, 11) is 0. The minimum Gasteiger partial charge on any atom is -0.819 e. The normalized spacial score (nSPS) is 16.4. The molecule has 0 aromatic rings. The maximum Gasteiger partial charge on any atom is 2.00 e. The fourth-order valence-electron chi connectivity index (χ4n) is 1.85. The number of rotatable bonds is 9. The summed E-state index contributed by atoms with van der Waals surface area (Å²) in [5, 5.41) is 0. The molecule has 6 heteroatoms. The molecule has 0 aliphatic carbocycles. The molecule has 0 amide bonds. The monoisotopic (exact) mass is 360 g/mol. The van der Waals surface area contributed by atoms with Gasteiger partial charge in [-0.3, -0.25) is 0 Å². The maximum atomic E-state index is 11.4. The van der Waals surface area contributed by atoms with Crippen LogP contribution in [0.2, 0.25) is 0 Å². The first kappa shape index (κ1) is 21.8. The minimum absolute atomic E-state index is 0. The second-order valence-corrected chi connectivity index (χ2v) is 10.2. The van der Waals surface area contributed by atoms with Crippen molar-refractivity contribution in [2.75, 3.05) is 0 Å². The Labute approximate surface area is 136 Å². The molecule has 0 heterocycles. The van der Waals surface area contributed by atoms with Gasteiger partial charge in [-0.25, -0.2) is 0 Å². The molecule has 0 fully saturated rings. The summed E-state index contributed by atoms with van der Waals surface area (Å²) in [5.41, 5.74) is -3.18. The summed E-state index contributed by atoms with van der Waals surface area (Å²) in [6.07, 6.45) is 5.30. The third-order valence-electron chi connectivity index (χ3n) is 2.57. The average molecular weight is 362 g/mol. The van der Waals surface area contributed by atoms with Crippen LogP contribution in [0.3, 0.4) is 0 Å². The number of unbranched alkanes of at least 4 members (excludes halogenated alkanes) is 1. The summed E-state index contributed by atoms with van der Waals surface area (Å²) in [6.45, 7) is 8.70. The second kappa shape index (κ2) is 11.2. The van der Waals surface area contributed by atoms with Crippen LogP contribution in [0.5, 0.6) is 0 Å². The van der Waals surface area contributed by atoms with E-state index in [4.69, 9.17) is 4.52 Å². The van der Waals surface area contributed by atoms with Crippen molar-refractivity contribution < 1.29 is 28.9 Å².